The molecule has 2 aromatic carbocycles. The SMILES string of the molecule is Cc1ccc(NC(=O)C[NH+](C)CC(=O)N[C@@H](c2ccc3c(c2)OCCO3)C(C)C)cc1. The minimum Gasteiger partial charge on any atom is -0.486 e. The highest BCUT2D eigenvalue weighted by Crippen LogP contribution is 2.34. The zero-order valence-electron chi connectivity index (χ0n) is 18.7. The number of quaternary nitrogens is 1. The van der Waals surface area contributed by atoms with E-state index in [0.29, 0.717) is 19.0 Å². The van der Waals surface area contributed by atoms with Crippen LogP contribution in [-0.2, 0) is 9.59 Å². The van der Waals surface area contributed by atoms with Crippen molar-refractivity contribution >= 4 is 17.5 Å². The average molecular weight is 427 g/mol. The molecule has 3 rings (SSSR count). The first kappa shape index (κ1) is 22.6. The molecule has 0 saturated carbocycles. The van der Waals surface area contributed by atoms with Crippen molar-refractivity contribution in [3.8, 4) is 11.5 Å². The van der Waals surface area contributed by atoms with E-state index >= 15 is 0 Å². The van der Waals surface area contributed by atoms with Crippen LogP contribution in [0.2, 0.25) is 0 Å². The summed E-state index contributed by atoms with van der Waals surface area (Å²) in [5, 5.41) is 5.98. The van der Waals surface area contributed by atoms with E-state index in [-0.39, 0.29) is 36.9 Å². The molecule has 0 radical (unpaired) electrons. The van der Waals surface area contributed by atoms with Gasteiger partial charge in [0.15, 0.2) is 24.6 Å². The standard InChI is InChI=1S/C24H31N3O4/c1-16(2)24(18-7-10-20-21(13-18)31-12-11-30-20)26-23(29)15-27(4)14-22(28)25-19-8-5-17(3)6-9-19/h5-10,13,16,24H,11-12,14-15H2,1-4H3,(H,25,28)(H,26,29)/p+1/t24-/m1/s1. The molecule has 0 aromatic heterocycles. The Kier molecular flexibility index (Phi) is 7.52. The largest absolute Gasteiger partial charge is 0.486 e. The summed E-state index contributed by atoms with van der Waals surface area (Å²) in [6.07, 6.45) is 0. The van der Waals surface area contributed by atoms with Crippen LogP contribution in [0, 0.1) is 12.8 Å². The number of fused-ring (bicyclic) bond motifs is 1. The molecule has 3 N–H and O–H groups in total. The van der Waals surface area contributed by atoms with Gasteiger partial charge in [0.25, 0.3) is 11.8 Å². The van der Waals surface area contributed by atoms with Gasteiger partial charge >= 0.3 is 0 Å². The lowest BCUT2D eigenvalue weighted by Gasteiger charge is -2.26. The Morgan fingerprint density at radius 1 is 0.968 bits per heavy atom. The summed E-state index contributed by atoms with van der Waals surface area (Å²) in [7, 11) is 1.84. The number of likely N-dealkylation sites (N-methyl/N-ethyl adjacent to an activating group) is 1. The maximum absolute atomic E-state index is 12.7. The van der Waals surface area contributed by atoms with Crippen molar-refractivity contribution in [2.24, 2.45) is 5.92 Å². The predicted octanol–water partition coefficient (Wildman–Crippen LogP) is 1.73. The summed E-state index contributed by atoms with van der Waals surface area (Å²) in [5.41, 5.74) is 2.86. The molecular formula is C24H32N3O4+. The molecule has 166 valence electrons. The van der Waals surface area contributed by atoms with Crippen LogP contribution in [-0.4, -0.2) is 45.2 Å². The fourth-order valence-electron chi connectivity index (χ4n) is 3.57. The summed E-state index contributed by atoms with van der Waals surface area (Å²) < 4.78 is 11.3. The van der Waals surface area contributed by atoms with E-state index in [1.807, 2.05) is 56.4 Å². The molecule has 2 amide bonds. The minimum atomic E-state index is -0.155. The van der Waals surface area contributed by atoms with E-state index < -0.39 is 0 Å². The molecule has 0 saturated heterocycles. The molecule has 7 nitrogen and oxygen atoms in total. The van der Waals surface area contributed by atoms with Gasteiger partial charge in [-0.05, 0) is 42.7 Å². The van der Waals surface area contributed by atoms with Gasteiger partial charge in [0, 0.05) is 5.69 Å². The Hall–Kier alpha value is -3.06. The summed E-state index contributed by atoms with van der Waals surface area (Å²) in [6.45, 7) is 7.60. The van der Waals surface area contributed by atoms with Gasteiger partial charge in [0.05, 0.1) is 13.1 Å². The molecule has 2 atom stereocenters. The third kappa shape index (κ3) is 6.46. The third-order valence-electron chi connectivity index (χ3n) is 5.17. The fraction of sp³-hybridized carbons (Fsp3) is 0.417. The normalized spacial score (nSPS) is 14.6. The van der Waals surface area contributed by atoms with E-state index in [4.69, 9.17) is 9.47 Å². The lowest BCUT2D eigenvalue weighted by Crippen LogP contribution is -3.11. The number of rotatable bonds is 8. The maximum Gasteiger partial charge on any atom is 0.279 e. The van der Waals surface area contributed by atoms with Crippen molar-refractivity contribution < 1.29 is 24.0 Å². The first-order chi connectivity index (χ1) is 14.8. The molecule has 1 heterocycles. The highest BCUT2D eigenvalue weighted by Gasteiger charge is 2.23. The maximum atomic E-state index is 12.7. The first-order valence-corrected chi connectivity index (χ1v) is 10.7. The molecule has 1 unspecified atom stereocenters. The lowest BCUT2D eigenvalue weighted by atomic mass is 9.95. The Morgan fingerprint density at radius 2 is 1.61 bits per heavy atom. The zero-order chi connectivity index (χ0) is 22.4. The van der Waals surface area contributed by atoms with E-state index in [2.05, 4.69) is 24.5 Å². The van der Waals surface area contributed by atoms with Gasteiger partial charge in [-0.15, -0.1) is 0 Å². The minimum absolute atomic E-state index is 0.103. The number of nitrogens with one attached hydrogen (secondary N) is 3. The number of anilines is 1. The topological polar surface area (TPSA) is 81.1 Å². The van der Waals surface area contributed by atoms with Crippen LogP contribution in [0.4, 0.5) is 5.69 Å². The van der Waals surface area contributed by atoms with E-state index in [1.165, 1.54) is 0 Å². The number of aryl methyl sites for hydroxylation is 1. The average Bonchev–Trinajstić information content (AvgIpc) is 2.73. The van der Waals surface area contributed by atoms with E-state index in [0.717, 1.165) is 27.5 Å². The summed E-state index contributed by atoms with van der Waals surface area (Å²) >= 11 is 0. The van der Waals surface area contributed by atoms with Gasteiger partial charge in [-0.3, -0.25) is 9.59 Å². The smallest absolute Gasteiger partial charge is 0.279 e. The highest BCUT2D eigenvalue weighted by atomic mass is 16.6. The van der Waals surface area contributed by atoms with Crippen LogP contribution >= 0.6 is 0 Å². The molecule has 1 aliphatic rings. The number of hydrogen-bond donors (Lipinski definition) is 3. The summed E-state index contributed by atoms with van der Waals surface area (Å²) in [4.78, 5) is 25.8. The Balaban J connectivity index is 1.54. The van der Waals surface area contributed by atoms with Crippen molar-refractivity contribution in [2.75, 3.05) is 38.7 Å². The molecule has 1 aliphatic heterocycles. The van der Waals surface area contributed by atoms with E-state index in [9.17, 15) is 9.59 Å². The van der Waals surface area contributed by atoms with Gasteiger partial charge in [-0.25, -0.2) is 0 Å². The molecule has 0 aliphatic carbocycles. The molecular weight excluding hydrogens is 394 g/mol. The van der Waals surface area contributed by atoms with Gasteiger partial charge in [-0.1, -0.05) is 37.6 Å². The van der Waals surface area contributed by atoms with Crippen molar-refractivity contribution in [1.29, 1.82) is 0 Å². The predicted molar refractivity (Wildman–Crippen MR) is 120 cm³/mol. The Bertz CT molecular complexity index is 912. The van der Waals surface area contributed by atoms with Crippen LogP contribution in [0.3, 0.4) is 0 Å². The Labute approximate surface area is 183 Å². The van der Waals surface area contributed by atoms with Crippen molar-refractivity contribution in [2.45, 2.75) is 26.8 Å². The second-order valence-corrected chi connectivity index (χ2v) is 8.42. The third-order valence-corrected chi connectivity index (χ3v) is 5.17. The number of carbonyl (C=O) groups is 2. The van der Waals surface area contributed by atoms with Crippen LogP contribution in [0.1, 0.15) is 31.0 Å². The van der Waals surface area contributed by atoms with Crippen LogP contribution < -0.4 is 25.0 Å². The number of benzene rings is 2. The van der Waals surface area contributed by atoms with Crippen molar-refractivity contribution in [1.82, 2.24) is 5.32 Å². The molecule has 2 aromatic rings. The molecule has 0 spiro atoms. The Morgan fingerprint density at radius 3 is 2.29 bits per heavy atom. The van der Waals surface area contributed by atoms with Gasteiger partial charge in [0.2, 0.25) is 0 Å². The molecule has 0 bridgehead atoms. The van der Waals surface area contributed by atoms with Gasteiger partial charge in [-0.2, -0.15) is 0 Å². The fourth-order valence-corrected chi connectivity index (χ4v) is 3.57. The van der Waals surface area contributed by atoms with Crippen LogP contribution in [0.25, 0.3) is 0 Å². The highest BCUT2D eigenvalue weighted by molar-refractivity contribution is 5.91. The number of amides is 2. The second-order valence-electron chi connectivity index (χ2n) is 8.42. The summed E-state index contributed by atoms with van der Waals surface area (Å²) in [5.74, 6) is 1.40. The van der Waals surface area contributed by atoms with Crippen LogP contribution in [0.15, 0.2) is 42.5 Å². The molecule has 0 fully saturated rings. The molecule has 31 heavy (non-hydrogen) atoms. The van der Waals surface area contributed by atoms with Crippen molar-refractivity contribution in [3.63, 3.8) is 0 Å². The number of ether oxygens (including phenoxy) is 2. The lowest BCUT2D eigenvalue weighted by molar-refractivity contribution is -0.862. The van der Waals surface area contributed by atoms with Crippen molar-refractivity contribution in [3.05, 3.63) is 53.6 Å². The van der Waals surface area contributed by atoms with Gasteiger partial charge in [0.1, 0.15) is 13.2 Å². The second kappa shape index (κ2) is 10.3. The van der Waals surface area contributed by atoms with Crippen LogP contribution in [0.5, 0.6) is 11.5 Å². The first-order valence-electron chi connectivity index (χ1n) is 10.7. The van der Waals surface area contributed by atoms with E-state index in [1.54, 1.807) is 0 Å². The quantitative estimate of drug-likeness (QED) is 0.601. The monoisotopic (exact) mass is 426 g/mol. The molecule has 7 heteroatoms. The van der Waals surface area contributed by atoms with Gasteiger partial charge < -0.3 is 25.0 Å². The summed E-state index contributed by atoms with van der Waals surface area (Å²) in [6, 6.07) is 13.3. The number of carbonyl (C=O) groups excluding carboxylic acids is 2. The zero-order valence-corrected chi connectivity index (χ0v) is 18.7. The number of hydrogen-bond acceptors (Lipinski definition) is 4.